The molecule has 0 N–H and O–H groups in total. The van der Waals surface area contributed by atoms with Crippen LogP contribution < -0.4 is 14.7 Å². The molecule has 0 saturated heterocycles. The van der Waals surface area contributed by atoms with E-state index < -0.39 is 0 Å². The summed E-state index contributed by atoms with van der Waals surface area (Å²) in [6, 6.07) is 68.4. The van der Waals surface area contributed by atoms with Gasteiger partial charge in [0.15, 0.2) is 0 Å². The quantitative estimate of drug-likeness (QED) is 0.160. The van der Waals surface area contributed by atoms with E-state index in [1.807, 2.05) is 36.5 Å². The number of fused-ring (bicyclic) bond motifs is 4. The lowest BCUT2D eigenvalue weighted by Gasteiger charge is -2.42. The highest BCUT2D eigenvalue weighted by molar-refractivity contribution is 7.99. The molecule has 11 rings (SSSR count). The molecule has 0 aliphatic carbocycles. The van der Waals surface area contributed by atoms with Gasteiger partial charge in [0, 0.05) is 51.4 Å². The molecule has 7 aromatic carbocycles. The van der Waals surface area contributed by atoms with Crippen molar-refractivity contribution >= 4 is 62.9 Å². The lowest BCUT2D eigenvalue weighted by molar-refractivity contribution is 0.632. The zero-order chi connectivity index (χ0) is 40.9. The van der Waals surface area contributed by atoms with Crippen molar-refractivity contribution in [2.45, 2.75) is 29.1 Å². The van der Waals surface area contributed by atoms with Gasteiger partial charge in [-0.3, -0.25) is 9.97 Å². The number of aromatic nitrogens is 2. The summed E-state index contributed by atoms with van der Waals surface area (Å²) in [6.07, 6.45) is 7.39. The molecule has 0 amide bonds. The summed E-state index contributed by atoms with van der Waals surface area (Å²) in [4.78, 5) is 18.3. The summed E-state index contributed by atoms with van der Waals surface area (Å²) in [7, 11) is 0. The third-order valence-corrected chi connectivity index (χ3v) is 13.1. The van der Waals surface area contributed by atoms with Gasteiger partial charge >= 0.3 is 0 Å². The van der Waals surface area contributed by atoms with E-state index in [1.54, 1.807) is 0 Å². The van der Waals surface area contributed by atoms with Crippen molar-refractivity contribution in [2.24, 2.45) is 0 Å². The monoisotopic (exact) mass is 803 g/mol. The van der Waals surface area contributed by atoms with E-state index in [4.69, 9.17) is 0 Å². The van der Waals surface area contributed by atoms with Gasteiger partial charge in [-0.05, 0) is 137 Å². The second kappa shape index (κ2) is 15.0. The number of nitrogens with zero attached hydrogens (tertiary/aromatic N) is 5. The highest BCUT2D eigenvalue weighted by Crippen LogP contribution is 2.56. The topological polar surface area (TPSA) is 35.5 Å². The van der Waals surface area contributed by atoms with Gasteiger partial charge in [0.1, 0.15) is 0 Å². The zero-order valence-electron chi connectivity index (χ0n) is 33.9. The largest absolute Gasteiger partial charge is 0.310 e. The Hall–Kier alpha value is -7.41. The molecule has 0 fully saturated rings. The zero-order valence-corrected chi connectivity index (χ0v) is 34.7. The predicted molar refractivity (Wildman–Crippen MR) is 253 cm³/mol. The maximum absolute atomic E-state index is 4.26. The summed E-state index contributed by atoms with van der Waals surface area (Å²) < 4.78 is 0. The van der Waals surface area contributed by atoms with E-state index >= 15 is 0 Å². The van der Waals surface area contributed by atoms with Gasteiger partial charge in [-0.2, -0.15) is 0 Å². The fraction of sp³-hybridized carbons (Fsp3) is 0.0545. The van der Waals surface area contributed by atoms with Crippen LogP contribution in [0.15, 0.2) is 223 Å². The van der Waals surface area contributed by atoms with E-state index in [0.717, 1.165) is 62.1 Å². The van der Waals surface area contributed by atoms with Crippen molar-refractivity contribution in [3.8, 4) is 22.3 Å². The SMILES string of the molecule is CC1(C)c2ccccc2N(c2cc(N(c3ccc(-c4ccncc4)cc3)c3ccc(-c4ccncc4)cc3)cc(N3c4ccccc4Sc4ccccc43)c2)c2ccccc21. The van der Waals surface area contributed by atoms with Crippen molar-refractivity contribution in [2.75, 3.05) is 14.7 Å². The average molecular weight is 804 g/mol. The third-order valence-electron chi connectivity index (χ3n) is 12.0. The van der Waals surface area contributed by atoms with Gasteiger partial charge in [0.25, 0.3) is 0 Å². The van der Waals surface area contributed by atoms with Crippen LogP contribution in [0.3, 0.4) is 0 Å². The first kappa shape index (κ1) is 36.7. The number of hydrogen-bond acceptors (Lipinski definition) is 6. The van der Waals surface area contributed by atoms with Crippen LogP contribution in [0, 0.1) is 0 Å². The minimum atomic E-state index is -0.189. The summed E-state index contributed by atoms with van der Waals surface area (Å²) in [5, 5.41) is 0. The molecule has 0 unspecified atom stereocenters. The molecule has 292 valence electrons. The first-order valence-electron chi connectivity index (χ1n) is 20.6. The molecule has 0 spiro atoms. The molecule has 2 aromatic heterocycles. The Morgan fingerprint density at radius 2 is 0.770 bits per heavy atom. The first-order chi connectivity index (χ1) is 30.0. The summed E-state index contributed by atoms with van der Waals surface area (Å²) in [5.41, 5.74) is 16.9. The van der Waals surface area contributed by atoms with Crippen molar-refractivity contribution in [1.29, 1.82) is 0 Å². The number of anilines is 9. The summed E-state index contributed by atoms with van der Waals surface area (Å²) in [5.74, 6) is 0. The molecule has 2 aliphatic heterocycles. The fourth-order valence-corrected chi connectivity index (χ4v) is 10.1. The van der Waals surface area contributed by atoms with Crippen molar-refractivity contribution in [3.63, 3.8) is 0 Å². The molecule has 0 radical (unpaired) electrons. The molecule has 6 heteroatoms. The van der Waals surface area contributed by atoms with Gasteiger partial charge in [0.05, 0.1) is 39.8 Å². The van der Waals surface area contributed by atoms with Crippen LogP contribution in [0.5, 0.6) is 0 Å². The number of benzene rings is 7. The van der Waals surface area contributed by atoms with E-state index in [-0.39, 0.29) is 5.41 Å². The molecule has 0 bridgehead atoms. The highest BCUT2D eigenvalue weighted by atomic mass is 32.2. The van der Waals surface area contributed by atoms with Crippen LogP contribution in [0.2, 0.25) is 0 Å². The first-order valence-corrected chi connectivity index (χ1v) is 21.4. The van der Waals surface area contributed by atoms with E-state index in [1.165, 1.54) is 32.3 Å². The van der Waals surface area contributed by atoms with Crippen LogP contribution in [0.4, 0.5) is 51.2 Å². The van der Waals surface area contributed by atoms with E-state index in [0.29, 0.717) is 0 Å². The third kappa shape index (κ3) is 6.44. The second-order valence-corrected chi connectivity index (χ2v) is 17.1. The van der Waals surface area contributed by atoms with Crippen LogP contribution in [0.1, 0.15) is 25.0 Å². The molecule has 0 atom stereocenters. The van der Waals surface area contributed by atoms with E-state index in [2.05, 4.69) is 227 Å². The molecule has 2 aliphatic rings. The maximum atomic E-state index is 4.26. The molecule has 9 aromatic rings. The smallest absolute Gasteiger partial charge is 0.0601 e. The number of para-hydroxylation sites is 4. The Kier molecular flexibility index (Phi) is 9.01. The highest BCUT2D eigenvalue weighted by Gasteiger charge is 2.37. The normalized spacial score (nSPS) is 13.4. The Labute approximate surface area is 361 Å². The van der Waals surface area contributed by atoms with Crippen molar-refractivity contribution in [3.05, 3.63) is 224 Å². The molecular weight excluding hydrogens is 763 g/mol. The lowest BCUT2D eigenvalue weighted by Crippen LogP contribution is -2.30. The average Bonchev–Trinajstić information content (AvgIpc) is 3.32. The standard InChI is InChI=1S/C55H41N5S/c1-55(2)47-11-3-5-13-49(47)59(50-14-6-4-12-48(50)55)45-35-44(36-46(37-45)60-51-15-7-9-17-53(51)61-54-18-10-8-16-52(54)60)58(42-23-19-38(20-24-42)40-27-31-56-32-28-40)43-25-21-39(22-26-43)41-29-33-57-34-30-41/h3-37H,1-2H3. The minimum absolute atomic E-state index is 0.189. The Balaban J connectivity index is 1.17. The number of hydrogen-bond donors (Lipinski definition) is 0. The lowest BCUT2D eigenvalue weighted by atomic mass is 9.73. The molecule has 61 heavy (non-hydrogen) atoms. The van der Waals surface area contributed by atoms with Gasteiger partial charge in [-0.15, -0.1) is 0 Å². The Morgan fingerprint density at radius 1 is 0.393 bits per heavy atom. The van der Waals surface area contributed by atoms with Crippen molar-refractivity contribution in [1.82, 2.24) is 9.97 Å². The van der Waals surface area contributed by atoms with Crippen LogP contribution in [-0.2, 0) is 5.41 Å². The van der Waals surface area contributed by atoms with Gasteiger partial charge in [-0.1, -0.05) is 111 Å². The second-order valence-electron chi connectivity index (χ2n) is 16.0. The maximum Gasteiger partial charge on any atom is 0.0601 e. The number of pyridine rings is 2. The Bertz CT molecular complexity index is 2860. The molecule has 0 saturated carbocycles. The molecule has 4 heterocycles. The summed E-state index contributed by atoms with van der Waals surface area (Å²) in [6.45, 7) is 4.69. The number of rotatable bonds is 7. The summed E-state index contributed by atoms with van der Waals surface area (Å²) >= 11 is 1.83. The molecule has 5 nitrogen and oxygen atoms in total. The Morgan fingerprint density at radius 3 is 1.23 bits per heavy atom. The fourth-order valence-electron chi connectivity index (χ4n) is 9.04. The van der Waals surface area contributed by atoms with Gasteiger partial charge in [0.2, 0.25) is 0 Å². The minimum Gasteiger partial charge on any atom is -0.310 e. The van der Waals surface area contributed by atoms with Gasteiger partial charge in [-0.25, -0.2) is 0 Å². The van der Waals surface area contributed by atoms with E-state index in [9.17, 15) is 0 Å². The predicted octanol–water partition coefficient (Wildman–Crippen LogP) is 15.3. The van der Waals surface area contributed by atoms with Crippen LogP contribution in [0.25, 0.3) is 22.3 Å². The van der Waals surface area contributed by atoms with Gasteiger partial charge < -0.3 is 14.7 Å². The van der Waals surface area contributed by atoms with Crippen molar-refractivity contribution < 1.29 is 0 Å². The molecular formula is C55H41N5S. The van der Waals surface area contributed by atoms with Crippen LogP contribution >= 0.6 is 11.8 Å². The van der Waals surface area contributed by atoms with Crippen LogP contribution in [-0.4, -0.2) is 9.97 Å².